The lowest BCUT2D eigenvalue weighted by Gasteiger charge is -2.13. The first-order valence-electron chi connectivity index (χ1n) is 6.39. The highest BCUT2D eigenvalue weighted by Gasteiger charge is 2.18. The fourth-order valence-corrected chi connectivity index (χ4v) is 1.78. The molecule has 0 aromatic heterocycles. The predicted molar refractivity (Wildman–Crippen MR) is 76.2 cm³/mol. The molecule has 112 valence electrons. The van der Waals surface area contributed by atoms with Crippen molar-refractivity contribution < 1.29 is 19.1 Å². The summed E-state index contributed by atoms with van der Waals surface area (Å²) < 4.78 is 12.9. The molecule has 21 heavy (non-hydrogen) atoms. The molecule has 1 aromatic rings. The molecule has 1 atom stereocenters. The molecule has 0 radical (unpaired) electrons. The van der Waals surface area contributed by atoms with E-state index in [1.54, 1.807) is 13.0 Å². The van der Waals surface area contributed by atoms with Gasteiger partial charge in [-0.25, -0.2) is 14.0 Å². The van der Waals surface area contributed by atoms with E-state index in [0.29, 0.717) is 13.0 Å². The van der Waals surface area contributed by atoms with E-state index >= 15 is 0 Å². The van der Waals surface area contributed by atoms with Crippen LogP contribution in [-0.4, -0.2) is 29.7 Å². The zero-order chi connectivity index (χ0) is 15.8. The standard InChI is InChI=1S/C15H17FN2O3/c1-3-4-13(14(19)20)18-15(21)17-8-7-11-5-6-12(16)9-10(11)2/h1,5-6,9,13H,4,7-8H2,2H3,(H,19,20)(H2,17,18,21). The van der Waals surface area contributed by atoms with Crippen molar-refractivity contribution in [3.63, 3.8) is 0 Å². The lowest BCUT2D eigenvalue weighted by atomic mass is 10.1. The first-order valence-corrected chi connectivity index (χ1v) is 6.39. The Labute approximate surface area is 122 Å². The van der Waals surface area contributed by atoms with Crippen molar-refractivity contribution in [1.29, 1.82) is 0 Å². The Balaban J connectivity index is 2.43. The van der Waals surface area contributed by atoms with Crippen LogP contribution in [0.5, 0.6) is 0 Å². The first kappa shape index (κ1) is 16.5. The Morgan fingerprint density at radius 3 is 2.76 bits per heavy atom. The molecule has 0 bridgehead atoms. The smallest absolute Gasteiger partial charge is 0.327 e. The summed E-state index contributed by atoms with van der Waals surface area (Å²) in [4.78, 5) is 22.4. The number of urea groups is 1. The van der Waals surface area contributed by atoms with Gasteiger partial charge in [0, 0.05) is 13.0 Å². The zero-order valence-corrected chi connectivity index (χ0v) is 11.6. The normalized spacial score (nSPS) is 11.3. The van der Waals surface area contributed by atoms with Crippen molar-refractivity contribution >= 4 is 12.0 Å². The number of halogens is 1. The summed E-state index contributed by atoms with van der Waals surface area (Å²) in [5.41, 5.74) is 1.71. The molecule has 0 heterocycles. The number of aryl methyl sites for hydroxylation is 1. The third-order valence-electron chi connectivity index (χ3n) is 2.91. The van der Waals surface area contributed by atoms with Crippen LogP contribution in [0.3, 0.4) is 0 Å². The summed E-state index contributed by atoms with van der Waals surface area (Å²) >= 11 is 0. The van der Waals surface area contributed by atoms with Crippen LogP contribution in [0.4, 0.5) is 9.18 Å². The predicted octanol–water partition coefficient (Wildman–Crippen LogP) is 1.45. The van der Waals surface area contributed by atoms with Crippen molar-refractivity contribution in [3.8, 4) is 12.3 Å². The first-order chi connectivity index (χ1) is 9.93. The summed E-state index contributed by atoms with van der Waals surface area (Å²) in [5.74, 6) is 0.702. The van der Waals surface area contributed by atoms with E-state index in [-0.39, 0.29) is 12.2 Å². The Morgan fingerprint density at radius 2 is 2.19 bits per heavy atom. The Morgan fingerprint density at radius 1 is 1.48 bits per heavy atom. The summed E-state index contributed by atoms with van der Waals surface area (Å²) in [6.07, 6.45) is 5.47. The highest BCUT2D eigenvalue weighted by Crippen LogP contribution is 2.10. The number of terminal acetylenes is 1. The average molecular weight is 292 g/mol. The third-order valence-corrected chi connectivity index (χ3v) is 2.91. The van der Waals surface area contributed by atoms with Crippen LogP contribution in [0, 0.1) is 25.1 Å². The second kappa shape index (κ2) is 7.90. The van der Waals surface area contributed by atoms with Gasteiger partial charge in [-0.05, 0) is 36.6 Å². The molecule has 0 spiro atoms. The Hall–Kier alpha value is -2.55. The minimum Gasteiger partial charge on any atom is -0.480 e. The van der Waals surface area contributed by atoms with Crippen molar-refractivity contribution in [2.75, 3.05) is 6.54 Å². The Kier molecular flexibility index (Phi) is 6.21. The molecule has 5 nitrogen and oxygen atoms in total. The van der Waals surface area contributed by atoms with Gasteiger partial charge < -0.3 is 15.7 Å². The molecule has 0 fully saturated rings. The zero-order valence-electron chi connectivity index (χ0n) is 11.6. The van der Waals surface area contributed by atoms with Gasteiger partial charge in [-0.1, -0.05) is 6.07 Å². The van der Waals surface area contributed by atoms with Gasteiger partial charge in [-0.3, -0.25) is 0 Å². The number of aliphatic carboxylic acids is 1. The van der Waals surface area contributed by atoms with Crippen molar-refractivity contribution in [2.45, 2.75) is 25.8 Å². The highest BCUT2D eigenvalue weighted by molar-refractivity contribution is 5.82. The largest absolute Gasteiger partial charge is 0.480 e. The fraction of sp³-hybridized carbons (Fsp3) is 0.333. The molecule has 1 rings (SSSR count). The maximum Gasteiger partial charge on any atom is 0.327 e. The molecule has 3 N–H and O–H groups in total. The van der Waals surface area contributed by atoms with E-state index in [1.807, 2.05) is 0 Å². The number of nitrogens with one attached hydrogen (secondary N) is 2. The Bertz CT molecular complexity index is 567. The van der Waals surface area contributed by atoms with Crippen molar-refractivity contribution in [1.82, 2.24) is 10.6 Å². The van der Waals surface area contributed by atoms with Crippen molar-refractivity contribution in [2.24, 2.45) is 0 Å². The molecule has 0 aliphatic carbocycles. The number of carboxylic acids is 1. The van der Waals surface area contributed by atoms with Gasteiger partial charge in [0.05, 0.1) is 0 Å². The van der Waals surface area contributed by atoms with E-state index < -0.39 is 18.0 Å². The molecule has 0 aliphatic heterocycles. The van der Waals surface area contributed by atoms with Crippen LogP contribution in [0.2, 0.25) is 0 Å². The number of hydrogen-bond acceptors (Lipinski definition) is 2. The van der Waals surface area contributed by atoms with Crippen LogP contribution in [-0.2, 0) is 11.2 Å². The lowest BCUT2D eigenvalue weighted by molar-refractivity contribution is -0.139. The topological polar surface area (TPSA) is 78.4 Å². The number of benzene rings is 1. The maximum absolute atomic E-state index is 12.9. The lowest BCUT2D eigenvalue weighted by Crippen LogP contribution is -2.46. The van der Waals surface area contributed by atoms with E-state index in [1.165, 1.54) is 12.1 Å². The fourth-order valence-electron chi connectivity index (χ4n) is 1.78. The van der Waals surface area contributed by atoms with Crippen LogP contribution < -0.4 is 10.6 Å². The summed E-state index contributed by atoms with van der Waals surface area (Å²) in [5, 5.41) is 13.7. The van der Waals surface area contributed by atoms with E-state index in [4.69, 9.17) is 11.5 Å². The minimum atomic E-state index is -1.18. The van der Waals surface area contributed by atoms with Crippen LogP contribution in [0.25, 0.3) is 0 Å². The van der Waals surface area contributed by atoms with Gasteiger partial charge in [-0.15, -0.1) is 12.3 Å². The molecule has 0 aliphatic rings. The summed E-state index contributed by atoms with van der Waals surface area (Å²) in [6, 6.07) is 2.72. The average Bonchev–Trinajstić information content (AvgIpc) is 2.40. The molecular weight excluding hydrogens is 275 g/mol. The number of rotatable bonds is 6. The quantitative estimate of drug-likeness (QED) is 0.694. The van der Waals surface area contributed by atoms with Crippen LogP contribution in [0.15, 0.2) is 18.2 Å². The van der Waals surface area contributed by atoms with Gasteiger partial charge >= 0.3 is 12.0 Å². The van der Waals surface area contributed by atoms with Gasteiger partial charge in [0.25, 0.3) is 0 Å². The maximum atomic E-state index is 12.9. The van der Waals surface area contributed by atoms with Gasteiger partial charge in [0.15, 0.2) is 0 Å². The minimum absolute atomic E-state index is 0.0835. The van der Waals surface area contributed by atoms with Gasteiger partial charge in [0.2, 0.25) is 0 Å². The van der Waals surface area contributed by atoms with Crippen molar-refractivity contribution in [3.05, 3.63) is 35.1 Å². The van der Waals surface area contributed by atoms with Crippen LogP contribution >= 0.6 is 0 Å². The van der Waals surface area contributed by atoms with E-state index in [9.17, 15) is 14.0 Å². The van der Waals surface area contributed by atoms with E-state index in [2.05, 4.69) is 16.6 Å². The molecule has 2 amide bonds. The SMILES string of the molecule is C#CCC(NC(=O)NCCc1ccc(F)cc1C)C(=O)O. The second-order valence-electron chi connectivity index (χ2n) is 4.52. The number of amides is 2. The van der Waals surface area contributed by atoms with Crippen LogP contribution in [0.1, 0.15) is 17.5 Å². The second-order valence-corrected chi connectivity index (χ2v) is 4.52. The highest BCUT2D eigenvalue weighted by atomic mass is 19.1. The summed E-state index contributed by atoms with van der Waals surface area (Å²) in [7, 11) is 0. The number of carbonyl (C=O) groups excluding carboxylic acids is 1. The van der Waals surface area contributed by atoms with Gasteiger partial charge in [-0.2, -0.15) is 0 Å². The van der Waals surface area contributed by atoms with E-state index in [0.717, 1.165) is 11.1 Å². The molecule has 6 heteroatoms. The van der Waals surface area contributed by atoms with Gasteiger partial charge in [0.1, 0.15) is 11.9 Å². The summed E-state index contributed by atoms with van der Waals surface area (Å²) in [6.45, 7) is 2.09. The molecular formula is C15H17FN2O3. The number of hydrogen-bond donors (Lipinski definition) is 3. The molecule has 0 saturated heterocycles. The number of carboxylic acid groups (broad SMARTS) is 1. The third kappa shape index (κ3) is 5.53. The molecule has 0 saturated carbocycles. The monoisotopic (exact) mass is 292 g/mol. The molecule has 1 aromatic carbocycles. The number of carbonyl (C=O) groups is 2. The molecule has 1 unspecified atom stereocenters.